The highest BCUT2D eigenvalue weighted by Crippen LogP contribution is 2.46. The Labute approximate surface area is 227 Å². The first-order chi connectivity index (χ1) is 19.3. The van der Waals surface area contributed by atoms with Crippen molar-refractivity contribution in [2.24, 2.45) is 0 Å². The molecule has 8 rings (SSSR count). The molecule has 7 aromatic rings. The number of rotatable bonds is 3. The predicted molar refractivity (Wildman–Crippen MR) is 166 cm³/mol. The summed E-state index contributed by atoms with van der Waals surface area (Å²) < 4.78 is 0. The molecule has 0 aliphatic carbocycles. The average Bonchev–Trinajstić information content (AvgIpc) is 3.40. The molecule has 0 bridgehead atoms. The summed E-state index contributed by atoms with van der Waals surface area (Å²) in [6.07, 6.45) is 0.0493. The third-order valence-electron chi connectivity index (χ3n) is 8.03. The molecule has 1 atom stereocenters. The molecule has 0 aromatic heterocycles. The summed E-state index contributed by atoms with van der Waals surface area (Å²) in [7, 11) is 0. The molecule has 184 valence electrons. The van der Waals surface area contributed by atoms with Crippen LogP contribution in [0.3, 0.4) is 0 Å². The van der Waals surface area contributed by atoms with E-state index in [9.17, 15) is 0 Å². The van der Waals surface area contributed by atoms with Crippen LogP contribution in [0.1, 0.15) is 11.7 Å². The van der Waals surface area contributed by atoms with E-state index in [4.69, 9.17) is 0 Å². The molecule has 0 saturated carbocycles. The van der Waals surface area contributed by atoms with Gasteiger partial charge in [-0.05, 0) is 85.4 Å². The molecular weight excluding hydrogens is 472 g/mol. The van der Waals surface area contributed by atoms with Gasteiger partial charge < -0.3 is 10.2 Å². The zero-order valence-electron chi connectivity index (χ0n) is 21.4. The van der Waals surface area contributed by atoms with E-state index in [2.05, 4.69) is 156 Å². The summed E-state index contributed by atoms with van der Waals surface area (Å²) in [6.45, 7) is 0. The standard InChI is InChI=1S/C37H26N2/c1-2-9-26(10-3-1)37-38-35-15-6-7-16-36(35)39(37)30-20-17-25(18-21-30)31-13-8-14-32-33(31)22-19-29-23-27-11-4-5-12-28(27)24-34(29)32/h1-24,37-38H. The number of benzene rings is 7. The van der Waals surface area contributed by atoms with Crippen molar-refractivity contribution in [2.75, 3.05) is 10.2 Å². The van der Waals surface area contributed by atoms with Gasteiger partial charge in [-0.1, -0.05) is 109 Å². The van der Waals surface area contributed by atoms with Crippen LogP contribution in [0.2, 0.25) is 0 Å². The van der Waals surface area contributed by atoms with Gasteiger partial charge in [-0.25, -0.2) is 0 Å². The molecule has 1 heterocycles. The molecule has 0 saturated heterocycles. The molecule has 1 N–H and O–H groups in total. The molecule has 0 spiro atoms. The van der Waals surface area contributed by atoms with Crippen molar-refractivity contribution in [3.8, 4) is 11.1 Å². The first kappa shape index (κ1) is 22.0. The van der Waals surface area contributed by atoms with Crippen molar-refractivity contribution in [2.45, 2.75) is 6.17 Å². The fourth-order valence-electron chi connectivity index (χ4n) is 6.15. The zero-order valence-corrected chi connectivity index (χ0v) is 21.4. The summed E-state index contributed by atoms with van der Waals surface area (Å²) in [4.78, 5) is 2.40. The molecule has 2 nitrogen and oxygen atoms in total. The fraction of sp³-hybridized carbons (Fsp3) is 0.0270. The molecule has 1 unspecified atom stereocenters. The molecule has 7 aromatic carbocycles. The second-order valence-corrected chi connectivity index (χ2v) is 10.3. The molecule has 0 radical (unpaired) electrons. The molecule has 39 heavy (non-hydrogen) atoms. The Morgan fingerprint density at radius 2 is 1.23 bits per heavy atom. The Kier molecular flexibility index (Phi) is 4.92. The second-order valence-electron chi connectivity index (χ2n) is 10.3. The molecule has 1 aliphatic rings. The van der Waals surface area contributed by atoms with E-state index < -0.39 is 0 Å². The normalized spacial score (nSPS) is 14.6. The Morgan fingerprint density at radius 1 is 0.487 bits per heavy atom. The van der Waals surface area contributed by atoms with Gasteiger partial charge in [0.25, 0.3) is 0 Å². The van der Waals surface area contributed by atoms with Crippen LogP contribution >= 0.6 is 0 Å². The summed E-state index contributed by atoms with van der Waals surface area (Å²) in [5, 5.41) is 11.4. The lowest BCUT2D eigenvalue weighted by Crippen LogP contribution is -2.23. The summed E-state index contributed by atoms with van der Waals surface area (Å²) in [6, 6.07) is 52.7. The largest absolute Gasteiger partial charge is 0.359 e. The highest BCUT2D eigenvalue weighted by Gasteiger charge is 2.30. The third kappa shape index (κ3) is 3.57. The van der Waals surface area contributed by atoms with Crippen molar-refractivity contribution < 1.29 is 0 Å². The van der Waals surface area contributed by atoms with Gasteiger partial charge in [0.05, 0.1) is 11.4 Å². The monoisotopic (exact) mass is 498 g/mol. The summed E-state index contributed by atoms with van der Waals surface area (Å²) in [5.41, 5.74) is 7.25. The van der Waals surface area contributed by atoms with Crippen LogP contribution in [-0.2, 0) is 0 Å². The van der Waals surface area contributed by atoms with Crippen molar-refractivity contribution in [1.82, 2.24) is 0 Å². The maximum atomic E-state index is 3.73. The van der Waals surface area contributed by atoms with Gasteiger partial charge in [0, 0.05) is 5.69 Å². The van der Waals surface area contributed by atoms with E-state index in [1.165, 1.54) is 60.4 Å². The summed E-state index contributed by atoms with van der Waals surface area (Å²) >= 11 is 0. The molecule has 2 heteroatoms. The smallest absolute Gasteiger partial charge is 0.130 e. The van der Waals surface area contributed by atoms with Crippen molar-refractivity contribution in [1.29, 1.82) is 0 Å². The first-order valence-electron chi connectivity index (χ1n) is 13.5. The molecule has 0 amide bonds. The number of nitrogens with one attached hydrogen (secondary N) is 1. The van der Waals surface area contributed by atoms with E-state index in [0.29, 0.717) is 0 Å². The maximum absolute atomic E-state index is 3.73. The highest BCUT2D eigenvalue weighted by atomic mass is 15.3. The minimum Gasteiger partial charge on any atom is -0.359 e. The topological polar surface area (TPSA) is 15.3 Å². The van der Waals surface area contributed by atoms with Crippen molar-refractivity contribution in [3.63, 3.8) is 0 Å². The van der Waals surface area contributed by atoms with Crippen LogP contribution in [0.4, 0.5) is 17.1 Å². The molecule has 1 aliphatic heterocycles. The third-order valence-corrected chi connectivity index (χ3v) is 8.03. The van der Waals surface area contributed by atoms with Gasteiger partial charge in [-0.15, -0.1) is 0 Å². The fourth-order valence-corrected chi connectivity index (χ4v) is 6.15. The van der Waals surface area contributed by atoms with Crippen LogP contribution in [0, 0.1) is 0 Å². The minimum absolute atomic E-state index is 0.0493. The molecular formula is C37H26N2. The summed E-state index contributed by atoms with van der Waals surface area (Å²) in [5.74, 6) is 0. The predicted octanol–water partition coefficient (Wildman–Crippen LogP) is 10.1. The van der Waals surface area contributed by atoms with E-state index in [1.807, 2.05) is 0 Å². The molecule has 0 fully saturated rings. The van der Waals surface area contributed by atoms with Crippen molar-refractivity contribution >= 4 is 49.4 Å². The average molecular weight is 499 g/mol. The van der Waals surface area contributed by atoms with E-state index in [0.717, 1.165) is 5.69 Å². The lowest BCUT2D eigenvalue weighted by atomic mass is 9.93. The van der Waals surface area contributed by atoms with Gasteiger partial charge >= 0.3 is 0 Å². The van der Waals surface area contributed by atoms with Crippen LogP contribution in [0.25, 0.3) is 43.4 Å². The number of anilines is 3. The van der Waals surface area contributed by atoms with Crippen LogP contribution in [0.15, 0.2) is 146 Å². The van der Waals surface area contributed by atoms with Crippen molar-refractivity contribution in [3.05, 3.63) is 151 Å². The Balaban J connectivity index is 1.23. The van der Waals surface area contributed by atoms with Crippen LogP contribution in [-0.4, -0.2) is 0 Å². The quantitative estimate of drug-likeness (QED) is 0.193. The maximum Gasteiger partial charge on any atom is 0.130 e. The SMILES string of the molecule is c1ccc(C2Nc3ccccc3N2c2ccc(-c3cccc4c3ccc3cc5ccccc5cc34)cc2)cc1. The van der Waals surface area contributed by atoms with Gasteiger partial charge in [0.2, 0.25) is 0 Å². The lowest BCUT2D eigenvalue weighted by Gasteiger charge is -2.27. The van der Waals surface area contributed by atoms with Crippen LogP contribution < -0.4 is 10.2 Å². The number of nitrogens with zero attached hydrogens (tertiary/aromatic N) is 1. The van der Waals surface area contributed by atoms with E-state index in [1.54, 1.807) is 0 Å². The zero-order chi connectivity index (χ0) is 25.8. The Morgan fingerprint density at radius 3 is 2.08 bits per heavy atom. The number of para-hydroxylation sites is 2. The lowest BCUT2D eigenvalue weighted by molar-refractivity contribution is 0.828. The van der Waals surface area contributed by atoms with E-state index >= 15 is 0 Å². The Hall–Kier alpha value is -5.08. The minimum atomic E-state index is 0.0493. The highest BCUT2D eigenvalue weighted by molar-refractivity contribution is 6.15. The van der Waals surface area contributed by atoms with Gasteiger partial charge in [0.1, 0.15) is 6.17 Å². The van der Waals surface area contributed by atoms with Gasteiger partial charge in [-0.2, -0.15) is 0 Å². The number of fused-ring (bicyclic) bond motifs is 5. The number of hydrogen-bond acceptors (Lipinski definition) is 2. The Bertz CT molecular complexity index is 1990. The van der Waals surface area contributed by atoms with E-state index in [-0.39, 0.29) is 6.17 Å². The number of hydrogen-bond donors (Lipinski definition) is 1. The van der Waals surface area contributed by atoms with Gasteiger partial charge in [-0.3, -0.25) is 0 Å². The van der Waals surface area contributed by atoms with Crippen LogP contribution in [0.5, 0.6) is 0 Å². The van der Waals surface area contributed by atoms with Gasteiger partial charge in [0.15, 0.2) is 0 Å². The first-order valence-corrected chi connectivity index (χ1v) is 13.5. The second kappa shape index (κ2) is 8.75.